The van der Waals surface area contributed by atoms with Crippen molar-refractivity contribution in [1.29, 1.82) is 0 Å². The average molecular weight is 325 g/mol. The summed E-state index contributed by atoms with van der Waals surface area (Å²) in [4.78, 5) is 22.8. The highest BCUT2D eigenvalue weighted by Crippen LogP contribution is 2.20. The first-order valence-corrected chi connectivity index (χ1v) is 8.01. The fraction of sp³-hybridized carbons (Fsp3) is 0.263. The first-order chi connectivity index (χ1) is 11.6. The van der Waals surface area contributed by atoms with Crippen LogP contribution < -0.4 is 16.4 Å². The van der Waals surface area contributed by atoms with Gasteiger partial charge in [-0.05, 0) is 30.9 Å². The van der Waals surface area contributed by atoms with Crippen molar-refractivity contribution in [1.82, 2.24) is 10.6 Å². The fourth-order valence-corrected chi connectivity index (χ4v) is 2.59. The molecule has 5 heteroatoms. The lowest BCUT2D eigenvalue weighted by atomic mass is 9.98. The van der Waals surface area contributed by atoms with Crippen LogP contribution in [0, 0.1) is 0 Å². The third kappa shape index (κ3) is 5.52. The van der Waals surface area contributed by atoms with E-state index < -0.39 is 18.0 Å². The van der Waals surface area contributed by atoms with Crippen LogP contribution in [0.1, 0.15) is 30.5 Å². The van der Waals surface area contributed by atoms with Crippen LogP contribution in [0.25, 0.3) is 0 Å². The molecule has 0 heterocycles. The Balaban J connectivity index is 2.05. The third-order valence-corrected chi connectivity index (χ3v) is 3.86. The minimum atomic E-state index is -0.839. The molecule has 24 heavy (non-hydrogen) atoms. The summed E-state index contributed by atoms with van der Waals surface area (Å²) in [6.45, 7) is 1.72. The monoisotopic (exact) mass is 325 g/mol. The van der Waals surface area contributed by atoms with Crippen LogP contribution in [-0.4, -0.2) is 18.0 Å². The van der Waals surface area contributed by atoms with E-state index in [0.29, 0.717) is 0 Å². The number of carbonyl (C=O) groups excluding carboxylic acids is 2. The Morgan fingerprint density at radius 3 is 2.17 bits per heavy atom. The van der Waals surface area contributed by atoms with Gasteiger partial charge in [-0.3, -0.25) is 15.4 Å². The normalized spacial score (nSPS) is 13.0. The van der Waals surface area contributed by atoms with Crippen molar-refractivity contribution in [2.75, 3.05) is 0 Å². The van der Waals surface area contributed by atoms with E-state index in [1.165, 1.54) is 5.56 Å². The molecule has 2 aromatic carbocycles. The van der Waals surface area contributed by atoms with E-state index in [9.17, 15) is 9.59 Å². The number of imide groups is 1. The Morgan fingerprint density at radius 2 is 1.58 bits per heavy atom. The molecule has 0 aliphatic heterocycles. The molecule has 5 nitrogen and oxygen atoms in total. The van der Waals surface area contributed by atoms with Gasteiger partial charge in [-0.15, -0.1) is 0 Å². The van der Waals surface area contributed by atoms with E-state index in [2.05, 4.69) is 22.8 Å². The zero-order valence-corrected chi connectivity index (χ0v) is 13.7. The lowest BCUT2D eigenvalue weighted by Gasteiger charge is -2.23. The smallest absolute Gasteiger partial charge is 0.318 e. The number of hydrogen-bond acceptors (Lipinski definition) is 3. The minimum absolute atomic E-state index is 0.0000302. The summed E-state index contributed by atoms with van der Waals surface area (Å²) in [6.07, 6.45) is 1.72. The van der Waals surface area contributed by atoms with E-state index in [0.717, 1.165) is 18.4 Å². The number of carbonyl (C=O) groups is 2. The molecule has 0 aliphatic carbocycles. The molecular formula is C19H23N3O2. The Kier molecular flexibility index (Phi) is 6.51. The molecule has 2 aromatic rings. The van der Waals surface area contributed by atoms with Gasteiger partial charge < -0.3 is 5.73 Å². The summed E-state index contributed by atoms with van der Waals surface area (Å²) in [7, 11) is 0. The van der Waals surface area contributed by atoms with E-state index in [1.54, 1.807) is 6.92 Å². The topological polar surface area (TPSA) is 84.2 Å². The van der Waals surface area contributed by atoms with Crippen LogP contribution in [-0.2, 0) is 11.2 Å². The maximum absolute atomic E-state index is 11.9. The highest BCUT2D eigenvalue weighted by Gasteiger charge is 2.20. The number of benzene rings is 2. The molecule has 0 bridgehead atoms. The Morgan fingerprint density at radius 1 is 1.00 bits per heavy atom. The molecule has 0 saturated heterocycles. The van der Waals surface area contributed by atoms with Gasteiger partial charge in [0.25, 0.3) is 0 Å². The third-order valence-electron chi connectivity index (χ3n) is 3.86. The van der Waals surface area contributed by atoms with Crippen LogP contribution in [0.3, 0.4) is 0 Å². The van der Waals surface area contributed by atoms with E-state index >= 15 is 0 Å². The number of aryl methyl sites for hydroxylation is 1. The highest BCUT2D eigenvalue weighted by atomic mass is 16.2. The molecular weight excluding hydrogens is 302 g/mol. The maximum atomic E-state index is 11.9. The zero-order valence-electron chi connectivity index (χ0n) is 13.7. The predicted octanol–water partition coefficient (Wildman–Crippen LogP) is 2.53. The van der Waals surface area contributed by atoms with Crippen LogP contribution in [0.15, 0.2) is 60.7 Å². The molecule has 2 rings (SSSR count). The second-order valence-electron chi connectivity index (χ2n) is 5.73. The molecule has 0 radical (unpaired) electrons. The van der Waals surface area contributed by atoms with Gasteiger partial charge in [0.2, 0.25) is 5.91 Å². The Labute approximate surface area is 142 Å². The second-order valence-corrected chi connectivity index (χ2v) is 5.73. The summed E-state index contributed by atoms with van der Waals surface area (Å²) >= 11 is 0. The van der Waals surface area contributed by atoms with Crippen LogP contribution in [0.2, 0.25) is 0 Å². The van der Waals surface area contributed by atoms with Gasteiger partial charge in [-0.25, -0.2) is 4.79 Å². The Hall–Kier alpha value is -2.66. The van der Waals surface area contributed by atoms with E-state index in [-0.39, 0.29) is 6.04 Å². The molecule has 2 atom stereocenters. The number of primary amides is 1. The van der Waals surface area contributed by atoms with E-state index in [1.807, 2.05) is 48.5 Å². The van der Waals surface area contributed by atoms with Gasteiger partial charge in [-0.2, -0.15) is 0 Å². The van der Waals surface area contributed by atoms with E-state index in [4.69, 9.17) is 5.73 Å². The number of nitrogens with one attached hydrogen (secondary N) is 2. The second kappa shape index (κ2) is 8.84. The quantitative estimate of drug-likeness (QED) is 0.731. The number of rotatable bonds is 7. The lowest BCUT2D eigenvalue weighted by molar-refractivity contribution is -0.121. The van der Waals surface area contributed by atoms with Crippen LogP contribution in [0.5, 0.6) is 0 Å². The first kappa shape index (κ1) is 17.7. The molecule has 0 fully saturated rings. The number of amides is 3. The summed E-state index contributed by atoms with van der Waals surface area (Å²) < 4.78 is 0. The molecule has 0 aromatic heterocycles. The number of hydrogen-bond donors (Lipinski definition) is 3. The summed E-state index contributed by atoms with van der Waals surface area (Å²) in [5, 5.41) is 5.40. The summed E-state index contributed by atoms with van der Waals surface area (Å²) in [6, 6.07) is 18.8. The van der Waals surface area contributed by atoms with Gasteiger partial charge in [0, 0.05) is 6.04 Å². The molecule has 2 unspecified atom stereocenters. The lowest BCUT2D eigenvalue weighted by Crippen LogP contribution is -2.47. The SMILES string of the molecule is CC(NC(CCc1ccccc1)c1ccccc1)C(=O)NC(N)=O. The molecule has 0 aliphatic rings. The Bertz CT molecular complexity index is 659. The minimum Gasteiger partial charge on any atom is -0.351 e. The fourth-order valence-electron chi connectivity index (χ4n) is 2.59. The molecule has 4 N–H and O–H groups in total. The van der Waals surface area contributed by atoms with Gasteiger partial charge in [0.1, 0.15) is 0 Å². The van der Waals surface area contributed by atoms with Gasteiger partial charge in [0.05, 0.1) is 6.04 Å². The summed E-state index contributed by atoms with van der Waals surface area (Å²) in [5.74, 6) is -0.428. The van der Waals surface area contributed by atoms with Crippen LogP contribution in [0.4, 0.5) is 4.79 Å². The maximum Gasteiger partial charge on any atom is 0.318 e. The largest absolute Gasteiger partial charge is 0.351 e. The van der Waals surface area contributed by atoms with Crippen LogP contribution >= 0.6 is 0 Å². The number of urea groups is 1. The highest BCUT2D eigenvalue weighted by molar-refractivity contribution is 5.96. The molecule has 0 saturated carbocycles. The van der Waals surface area contributed by atoms with Crippen molar-refractivity contribution in [3.8, 4) is 0 Å². The average Bonchev–Trinajstić information content (AvgIpc) is 2.59. The first-order valence-electron chi connectivity index (χ1n) is 8.01. The summed E-state index contributed by atoms with van der Waals surface area (Å²) in [5.41, 5.74) is 7.36. The van der Waals surface area contributed by atoms with Gasteiger partial charge in [0.15, 0.2) is 0 Å². The van der Waals surface area contributed by atoms with Crippen molar-refractivity contribution in [2.24, 2.45) is 5.73 Å². The van der Waals surface area contributed by atoms with Crippen molar-refractivity contribution in [3.63, 3.8) is 0 Å². The van der Waals surface area contributed by atoms with Crippen molar-refractivity contribution >= 4 is 11.9 Å². The molecule has 126 valence electrons. The van der Waals surface area contributed by atoms with Crippen molar-refractivity contribution < 1.29 is 9.59 Å². The zero-order chi connectivity index (χ0) is 17.4. The van der Waals surface area contributed by atoms with Gasteiger partial charge >= 0.3 is 6.03 Å². The number of nitrogens with two attached hydrogens (primary N) is 1. The predicted molar refractivity (Wildman–Crippen MR) is 94.3 cm³/mol. The standard InChI is InChI=1S/C19H23N3O2/c1-14(18(23)22-19(20)24)21-17(16-10-6-3-7-11-16)13-12-15-8-4-2-5-9-15/h2-11,14,17,21H,12-13H2,1H3,(H3,20,22,23,24). The van der Waals surface area contributed by atoms with Crippen molar-refractivity contribution in [2.45, 2.75) is 31.8 Å². The van der Waals surface area contributed by atoms with Gasteiger partial charge in [-0.1, -0.05) is 60.7 Å². The molecule has 0 spiro atoms. The molecule has 3 amide bonds. The van der Waals surface area contributed by atoms with Crippen molar-refractivity contribution in [3.05, 3.63) is 71.8 Å².